The number of rotatable bonds is 5. The van der Waals surface area contributed by atoms with Crippen LogP contribution in [0, 0.1) is 10.1 Å². The van der Waals surface area contributed by atoms with Gasteiger partial charge in [-0.3, -0.25) is 4.57 Å². The molecule has 2 rings (SSSR count). The van der Waals surface area contributed by atoms with E-state index in [4.69, 9.17) is 4.74 Å². The summed E-state index contributed by atoms with van der Waals surface area (Å²) in [4.78, 5) is 13.9. The number of ether oxygens (including phenoxy) is 1. The first-order valence-corrected chi connectivity index (χ1v) is 6.20. The molecule has 1 unspecified atom stereocenters. The van der Waals surface area contributed by atoms with E-state index in [1.165, 1.54) is 23.7 Å². The molecule has 7 nitrogen and oxygen atoms in total. The van der Waals surface area contributed by atoms with Crippen molar-refractivity contribution in [1.29, 1.82) is 0 Å². The third-order valence-corrected chi connectivity index (χ3v) is 3.16. The molecule has 0 amide bonds. The van der Waals surface area contributed by atoms with Gasteiger partial charge >= 0.3 is 5.82 Å². The van der Waals surface area contributed by atoms with Crippen LogP contribution < -0.4 is 10.1 Å². The van der Waals surface area contributed by atoms with Crippen molar-refractivity contribution in [3.63, 3.8) is 0 Å². The van der Waals surface area contributed by atoms with Gasteiger partial charge in [0.15, 0.2) is 0 Å². The number of hydrogen-bond donors (Lipinski definition) is 1. The molecule has 0 radical (unpaired) electrons. The van der Waals surface area contributed by atoms with E-state index < -0.39 is 4.92 Å². The van der Waals surface area contributed by atoms with E-state index >= 15 is 0 Å². The molecule has 0 aliphatic carbocycles. The molecular formula is C11H18N4O3. The lowest BCUT2D eigenvalue weighted by Gasteiger charge is -2.23. The van der Waals surface area contributed by atoms with Crippen molar-refractivity contribution in [1.82, 2.24) is 14.9 Å². The van der Waals surface area contributed by atoms with Crippen molar-refractivity contribution in [2.45, 2.75) is 31.7 Å². The Kier molecular flexibility index (Phi) is 4.14. The number of nitrogens with zero attached hydrogens (tertiary/aromatic N) is 3. The molecule has 1 fully saturated rings. The van der Waals surface area contributed by atoms with Crippen molar-refractivity contribution >= 4 is 5.82 Å². The Morgan fingerprint density at radius 2 is 2.50 bits per heavy atom. The number of hydrogen-bond acceptors (Lipinski definition) is 5. The third kappa shape index (κ3) is 2.98. The van der Waals surface area contributed by atoms with E-state index in [2.05, 4.69) is 10.3 Å². The maximum Gasteiger partial charge on any atom is 0.426 e. The summed E-state index contributed by atoms with van der Waals surface area (Å²) < 4.78 is 7.02. The van der Waals surface area contributed by atoms with Gasteiger partial charge in [0.25, 0.3) is 5.88 Å². The fourth-order valence-corrected chi connectivity index (χ4v) is 2.17. The van der Waals surface area contributed by atoms with Crippen LogP contribution in [0.4, 0.5) is 5.82 Å². The molecule has 0 bridgehead atoms. The predicted octanol–water partition coefficient (Wildman–Crippen LogP) is 1.24. The highest BCUT2D eigenvalue weighted by Gasteiger charge is 2.22. The van der Waals surface area contributed by atoms with Crippen LogP contribution >= 0.6 is 0 Å². The molecule has 1 atom stereocenters. The summed E-state index contributed by atoms with van der Waals surface area (Å²) in [5.74, 6) is 0.0184. The van der Waals surface area contributed by atoms with Gasteiger partial charge in [-0.25, -0.2) is 0 Å². The molecule has 1 aromatic heterocycles. The lowest BCUT2D eigenvalue weighted by Crippen LogP contribution is -2.35. The van der Waals surface area contributed by atoms with Gasteiger partial charge in [0.1, 0.15) is 0 Å². The number of nitrogens with one attached hydrogen (secondary N) is 1. The molecule has 2 heterocycles. The second kappa shape index (κ2) is 5.81. The minimum Gasteiger partial charge on any atom is -0.473 e. The Morgan fingerprint density at radius 1 is 1.67 bits per heavy atom. The van der Waals surface area contributed by atoms with Gasteiger partial charge in [0.05, 0.1) is 6.61 Å². The normalized spacial score (nSPS) is 19.7. The zero-order valence-electron chi connectivity index (χ0n) is 10.5. The smallest absolute Gasteiger partial charge is 0.426 e. The summed E-state index contributed by atoms with van der Waals surface area (Å²) in [6, 6.07) is 0.464. The molecule has 0 aromatic carbocycles. The molecule has 1 saturated heterocycles. The van der Waals surface area contributed by atoms with Crippen LogP contribution in [0.3, 0.4) is 0 Å². The van der Waals surface area contributed by atoms with Gasteiger partial charge in [-0.05, 0) is 35.7 Å². The minimum absolute atomic E-state index is 0.214. The summed E-state index contributed by atoms with van der Waals surface area (Å²) in [6.07, 6.45) is 5.87. The Hall–Kier alpha value is -1.63. The number of piperidine rings is 1. The first-order valence-electron chi connectivity index (χ1n) is 6.20. The Labute approximate surface area is 105 Å². The van der Waals surface area contributed by atoms with E-state index in [-0.39, 0.29) is 11.7 Å². The predicted molar refractivity (Wildman–Crippen MR) is 65.6 cm³/mol. The molecule has 0 spiro atoms. The highest BCUT2D eigenvalue weighted by Crippen LogP contribution is 2.24. The number of aromatic nitrogens is 2. The molecule has 1 aliphatic rings. The summed E-state index contributed by atoms with van der Waals surface area (Å²) in [7, 11) is 1.69. The summed E-state index contributed by atoms with van der Waals surface area (Å²) in [5.41, 5.74) is 0. The van der Waals surface area contributed by atoms with Crippen molar-refractivity contribution in [2.24, 2.45) is 7.05 Å². The maximum atomic E-state index is 10.7. The van der Waals surface area contributed by atoms with E-state index in [9.17, 15) is 10.1 Å². The van der Waals surface area contributed by atoms with Crippen LogP contribution in [-0.2, 0) is 7.05 Å². The summed E-state index contributed by atoms with van der Waals surface area (Å²) >= 11 is 0. The van der Waals surface area contributed by atoms with Gasteiger partial charge < -0.3 is 20.2 Å². The average Bonchev–Trinajstić information content (AvgIpc) is 2.73. The highest BCUT2D eigenvalue weighted by molar-refractivity contribution is 5.33. The van der Waals surface area contributed by atoms with Crippen LogP contribution in [-0.4, -0.2) is 33.7 Å². The zero-order valence-corrected chi connectivity index (χ0v) is 10.5. The largest absolute Gasteiger partial charge is 0.473 e. The van der Waals surface area contributed by atoms with Gasteiger partial charge in [-0.15, -0.1) is 0 Å². The van der Waals surface area contributed by atoms with Gasteiger partial charge in [-0.2, -0.15) is 0 Å². The van der Waals surface area contributed by atoms with E-state index in [0.29, 0.717) is 12.6 Å². The van der Waals surface area contributed by atoms with E-state index in [1.807, 2.05) is 0 Å². The molecule has 18 heavy (non-hydrogen) atoms. The van der Waals surface area contributed by atoms with E-state index in [0.717, 1.165) is 19.4 Å². The lowest BCUT2D eigenvalue weighted by molar-refractivity contribution is -0.390. The van der Waals surface area contributed by atoms with E-state index in [1.54, 1.807) is 7.05 Å². The van der Waals surface area contributed by atoms with Crippen molar-refractivity contribution in [3.05, 3.63) is 16.4 Å². The third-order valence-electron chi connectivity index (χ3n) is 3.16. The van der Waals surface area contributed by atoms with Crippen LogP contribution in [0.15, 0.2) is 6.33 Å². The zero-order chi connectivity index (χ0) is 13.0. The SMILES string of the molecule is Cn1cnc([N+](=O)[O-])c1OCCC1CCCCN1. The van der Waals surface area contributed by atoms with Crippen LogP contribution in [0.5, 0.6) is 5.88 Å². The Bertz CT molecular complexity index is 412. The summed E-state index contributed by atoms with van der Waals surface area (Å²) in [5, 5.41) is 14.2. The molecule has 1 N–H and O–H groups in total. The number of imidazole rings is 1. The lowest BCUT2D eigenvalue weighted by atomic mass is 10.0. The van der Waals surface area contributed by atoms with Crippen molar-refractivity contribution in [3.8, 4) is 5.88 Å². The first kappa shape index (κ1) is 12.8. The Balaban J connectivity index is 1.85. The van der Waals surface area contributed by atoms with Gasteiger partial charge in [0, 0.05) is 13.1 Å². The molecule has 100 valence electrons. The minimum atomic E-state index is -0.520. The van der Waals surface area contributed by atoms with Crippen LogP contribution in [0.25, 0.3) is 0 Å². The van der Waals surface area contributed by atoms with Crippen molar-refractivity contribution in [2.75, 3.05) is 13.2 Å². The maximum absolute atomic E-state index is 10.7. The van der Waals surface area contributed by atoms with Crippen LogP contribution in [0.1, 0.15) is 25.7 Å². The molecule has 1 aliphatic heterocycles. The second-order valence-electron chi connectivity index (χ2n) is 4.53. The molecule has 0 saturated carbocycles. The molecular weight excluding hydrogens is 236 g/mol. The standard InChI is InChI=1S/C11H18N4O3/c1-14-8-13-10(15(16)17)11(14)18-7-5-9-4-2-3-6-12-9/h8-9,12H,2-7H2,1H3. The highest BCUT2D eigenvalue weighted by atomic mass is 16.6. The quantitative estimate of drug-likeness (QED) is 0.631. The molecule has 7 heteroatoms. The topological polar surface area (TPSA) is 82.2 Å². The summed E-state index contributed by atoms with van der Waals surface area (Å²) in [6.45, 7) is 1.52. The average molecular weight is 254 g/mol. The van der Waals surface area contributed by atoms with Crippen LogP contribution in [0.2, 0.25) is 0 Å². The van der Waals surface area contributed by atoms with Gasteiger partial charge in [0.2, 0.25) is 6.33 Å². The number of aryl methyl sites for hydroxylation is 1. The Morgan fingerprint density at radius 3 is 3.17 bits per heavy atom. The number of nitro groups is 1. The second-order valence-corrected chi connectivity index (χ2v) is 4.53. The fourth-order valence-electron chi connectivity index (χ4n) is 2.17. The molecule has 1 aromatic rings. The first-order chi connectivity index (χ1) is 8.68. The van der Waals surface area contributed by atoms with Gasteiger partial charge in [-0.1, -0.05) is 6.42 Å². The monoisotopic (exact) mass is 254 g/mol. The van der Waals surface area contributed by atoms with Crippen molar-refractivity contribution < 1.29 is 9.66 Å². The fraction of sp³-hybridized carbons (Fsp3) is 0.727.